The van der Waals surface area contributed by atoms with Crippen molar-refractivity contribution in [2.24, 2.45) is 4.99 Å². The summed E-state index contributed by atoms with van der Waals surface area (Å²) in [5.41, 5.74) is -3.66. The first-order valence-electron chi connectivity index (χ1n) is 10.4. The van der Waals surface area contributed by atoms with Gasteiger partial charge in [0.2, 0.25) is 0 Å². The van der Waals surface area contributed by atoms with E-state index in [9.17, 15) is 26.4 Å². The number of nitrogens with zero attached hydrogens (tertiary/aromatic N) is 1. The number of carbonyl (C=O) groups is 1. The molecule has 1 saturated heterocycles. The SMILES string of the molecule is O=C1NC(=Nc2ccc(NS(=O)(=O)C(F)(F)F)cc2)SC1=Cc1ccc(OCc2ccc(Cl)cc2)cc1. The minimum atomic E-state index is -5.52. The van der Waals surface area contributed by atoms with Crippen molar-refractivity contribution in [2.45, 2.75) is 12.1 Å². The van der Waals surface area contributed by atoms with E-state index in [2.05, 4.69) is 10.3 Å². The molecule has 0 aromatic heterocycles. The lowest BCUT2D eigenvalue weighted by molar-refractivity contribution is -0.115. The summed E-state index contributed by atoms with van der Waals surface area (Å²) >= 11 is 6.96. The normalized spacial score (nSPS) is 16.2. The molecular formula is C24H17ClF3N3O4S2. The largest absolute Gasteiger partial charge is 0.516 e. The molecule has 0 unspecified atom stereocenters. The second kappa shape index (κ2) is 10.9. The molecule has 0 spiro atoms. The molecule has 37 heavy (non-hydrogen) atoms. The van der Waals surface area contributed by atoms with Crippen molar-refractivity contribution in [2.75, 3.05) is 4.72 Å². The Kier molecular flexibility index (Phi) is 7.81. The zero-order valence-corrected chi connectivity index (χ0v) is 21.0. The van der Waals surface area contributed by atoms with E-state index >= 15 is 0 Å². The molecule has 1 aliphatic heterocycles. The molecule has 2 N–H and O–H groups in total. The Morgan fingerprint density at radius 2 is 1.65 bits per heavy atom. The number of hydrogen-bond donors (Lipinski definition) is 2. The molecule has 0 radical (unpaired) electrons. The predicted octanol–water partition coefficient (Wildman–Crippen LogP) is 6.07. The van der Waals surface area contributed by atoms with E-state index in [1.165, 1.54) is 16.9 Å². The van der Waals surface area contributed by atoms with Crippen LogP contribution in [0.2, 0.25) is 5.02 Å². The van der Waals surface area contributed by atoms with Gasteiger partial charge in [0, 0.05) is 10.7 Å². The van der Waals surface area contributed by atoms with Crippen molar-refractivity contribution in [3.05, 3.63) is 93.9 Å². The molecule has 4 rings (SSSR count). The third-order valence-corrected chi connectivity index (χ3v) is 7.08. The summed E-state index contributed by atoms with van der Waals surface area (Å²) < 4.78 is 67.1. The lowest BCUT2D eigenvalue weighted by Gasteiger charge is -2.10. The number of carbonyl (C=O) groups excluding carboxylic acids is 1. The quantitative estimate of drug-likeness (QED) is 0.338. The van der Waals surface area contributed by atoms with Crippen LogP contribution in [0.4, 0.5) is 24.5 Å². The molecule has 3 aromatic carbocycles. The van der Waals surface area contributed by atoms with Crippen LogP contribution in [0.15, 0.2) is 82.7 Å². The summed E-state index contributed by atoms with van der Waals surface area (Å²) in [4.78, 5) is 17.0. The number of alkyl halides is 3. The lowest BCUT2D eigenvalue weighted by atomic mass is 10.2. The number of amides is 1. The van der Waals surface area contributed by atoms with Gasteiger partial charge in [0.05, 0.1) is 10.6 Å². The predicted molar refractivity (Wildman–Crippen MR) is 138 cm³/mol. The van der Waals surface area contributed by atoms with Gasteiger partial charge >= 0.3 is 15.5 Å². The highest BCUT2D eigenvalue weighted by atomic mass is 35.5. The van der Waals surface area contributed by atoms with Gasteiger partial charge in [0.15, 0.2) is 5.17 Å². The van der Waals surface area contributed by atoms with Crippen molar-refractivity contribution in [1.29, 1.82) is 0 Å². The second-order valence-electron chi connectivity index (χ2n) is 7.56. The standard InChI is InChI=1S/C24H17ClF3N3O4S2/c25-17-5-1-16(2-6-17)14-35-20-11-3-15(4-12-20)13-21-22(32)30-23(36-21)29-18-7-9-19(10-8-18)31-37(33,34)24(26,27)28/h1-13,31H,14H2,(H,29,30,32). The van der Waals surface area contributed by atoms with Gasteiger partial charge in [-0.25, -0.2) is 4.99 Å². The molecule has 1 heterocycles. The third kappa shape index (κ3) is 7.06. The Bertz CT molecular complexity index is 1460. The number of thioether (sulfide) groups is 1. The molecule has 192 valence electrons. The maximum absolute atomic E-state index is 12.5. The van der Waals surface area contributed by atoms with E-state index < -0.39 is 15.5 Å². The van der Waals surface area contributed by atoms with Crippen LogP contribution in [-0.4, -0.2) is 25.0 Å². The highest BCUT2D eigenvalue weighted by molar-refractivity contribution is 8.18. The monoisotopic (exact) mass is 567 g/mol. The van der Waals surface area contributed by atoms with Crippen LogP contribution < -0.4 is 14.8 Å². The number of aliphatic imine (C=N–C) groups is 1. The molecule has 13 heteroatoms. The smallest absolute Gasteiger partial charge is 0.489 e. The van der Waals surface area contributed by atoms with Gasteiger partial charge in [0.1, 0.15) is 12.4 Å². The molecule has 3 aromatic rings. The second-order valence-corrected chi connectivity index (χ2v) is 10.7. The molecule has 0 bridgehead atoms. The number of nitrogens with one attached hydrogen (secondary N) is 2. The number of benzene rings is 3. The number of sulfonamides is 1. The number of amidine groups is 1. The maximum atomic E-state index is 12.5. The Morgan fingerprint density at radius 3 is 2.27 bits per heavy atom. The Balaban J connectivity index is 1.37. The first kappa shape index (κ1) is 26.6. The van der Waals surface area contributed by atoms with Gasteiger partial charge in [-0.05, 0) is 77.5 Å². The van der Waals surface area contributed by atoms with Crippen LogP contribution in [0, 0.1) is 0 Å². The molecule has 1 fully saturated rings. The van der Waals surface area contributed by atoms with Crippen LogP contribution in [0.25, 0.3) is 6.08 Å². The van der Waals surface area contributed by atoms with Gasteiger partial charge in [0.25, 0.3) is 5.91 Å². The van der Waals surface area contributed by atoms with Crippen LogP contribution in [0.5, 0.6) is 5.75 Å². The number of hydrogen-bond acceptors (Lipinski definition) is 6. The highest BCUT2D eigenvalue weighted by Gasteiger charge is 2.46. The van der Waals surface area contributed by atoms with Crippen LogP contribution >= 0.6 is 23.4 Å². The zero-order valence-electron chi connectivity index (χ0n) is 18.6. The van der Waals surface area contributed by atoms with Gasteiger partial charge in [-0.2, -0.15) is 21.6 Å². The minimum absolute atomic E-state index is 0.266. The van der Waals surface area contributed by atoms with E-state index in [-0.39, 0.29) is 16.8 Å². The molecule has 0 saturated carbocycles. The summed E-state index contributed by atoms with van der Waals surface area (Å²) in [5, 5.41) is 3.53. The van der Waals surface area contributed by atoms with Gasteiger partial charge < -0.3 is 10.1 Å². The summed E-state index contributed by atoms with van der Waals surface area (Å²) in [6.07, 6.45) is 1.68. The number of rotatable bonds is 7. The number of halogens is 4. The molecule has 0 aliphatic carbocycles. The molecule has 0 atom stereocenters. The van der Waals surface area contributed by atoms with E-state index in [1.54, 1.807) is 42.5 Å². The Morgan fingerprint density at radius 1 is 1.00 bits per heavy atom. The number of ether oxygens (including phenoxy) is 1. The topological polar surface area (TPSA) is 96.9 Å². The van der Waals surface area contributed by atoms with Gasteiger partial charge in [-0.1, -0.05) is 35.9 Å². The Labute approximate surface area is 219 Å². The number of anilines is 1. The van der Waals surface area contributed by atoms with Crippen molar-refractivity contribution in [1.82, 2.24) is 5.32 Å². The molecule has 7 nitrogen and oxygen atoms in total. The van der Waals surface area contributed by atoms with Crippen molar-refractivity contribution >= 4 is 61.9 Å². The maximum Gasteiger partial charge on any atom is 0.516 e. The fourth-order valence-corrected chi connectivity index (χ4v) is 4.50. The minimum Gasteiger partial charge on any atom is -0.489 e. The fourth-order valence-electron chi connectivity index (χ4n) is 2.97. The van der Waals surface area contributed by atoms with E-state index in [4.69, 9.17) is 16.3 Å². The zero-order chi connectivity index (χ0) is 26.6. The highest BCUT2D eigenvalue weighted by Crippen LogP contribution is 2.30. The lowest BCUT2D eigenvalue weighted by Crippen LogP contribution is -2.29. The first-order chi connectivity index (χ1) is 17.5. The van der Waals surface area contributed by atoms with Crippen molar-refractivity contribution in [3.63, 3.8) is 0 Å². The van der Waals surface area contributed by atoms with Crippen molar-refractivity contribution in [3.8, 4) is 5.75 Å². The van der Waals surface area contributed by atoms with Crippen LogP contribution in [0.3, 0.4) is 0 Å². The molecule has 1 aliphatic rings. The van der Waals surface area contributed by atoms with E-state index in [0.29, 0.717) is 28.0 Å². The van der Waals surface area contributed by atoms with Crippen LogP contribution in [0.1, 0.15) is 11.1 Å². The van der Waals surface area contributed by atoms with Crippen LogP contribution in [-0.2, 0) is 21.4 Å². The molecule has 1 amide bonds. The van der Waals surface area contributed by atoms with Crippen molar-refractivity contribution < 1.29 is 31.1 Å². The Hall–Kier alpha value is -3.48. The van der Waals surface area contributed by atoms with E-state index in [0.717, 1.165) is 35.0 Å². The first-order valence-corrected chi connectivity index (χ1v) is 13.1. The van der Waals surface area contributed by atoms with Gasteiger partial charge in [-0.15, -0.1) is 0 Å². The summed E-state index contributed by atoms with van der Waals surface area (Å²) in [7, 11) is -5.52. The summed E-state index contributed by atoms with van der Waals surface area (Å²) in [6.45, 7) is 0.380. The van der Waals surface area contributed by atoms with E-state index in [1.807, 2.05) is 12.1 Å². The summed E-state index contributed by atoms with van der Waals surface area (Å²) in [5.74, 6) is 0.297. The summed E-state index contributed by atoms with van der Waals surface area (Å²) in [6, 6.07) is 19.4. The average Bonchev–Trinajstić information content (AvgIpc) is 3.18. The average molecular weight is 568 g/mol. The van der Waals surface area contributed by atoms with Gasteiger partial charge in [-0.3, -0.25) is 9.52 Å². The third-order valence-electron chi connectivity index (χ3n) is 4.80. The molecular weight excluding hydrogens is 551 g/mol. The fraction of sp³-hybridized carbons (Fsp3) is 0.0833.